The van der Waals surface area contributed by atoms with E-state index in [0.717, 1.165) is 0 Å². The molecule has 0 saturated carbocycles. The van der Waals surface area contributed by atoms with E-state index in [1.165, 1.54) is 6.92 Å². The Bertz CT molecular complexity index is 818. The molecular weight excluding hydrogens is 266 g/mol. The zero-order valence-corrected chi connectivity index (χ0v) is 11.4. The number of fused-ring (bicyclic) bond motifs is 1. The normalized spacial score (nSPS) is 10.5. The van der Waals surface area contributed by atoms with Crippen molar-refractivity contribution in [2.75, 3.05) is 5.32 Å². The Labute approximate surface area is 121 Å². The maximum absolute atomic E-state index is 12.3. The van der Waals surface area contributed by atoms with Gasteiger partial charge in [-0.15, -0.1) is 0 Å². The molecule has 0 aliphatic heterocycles. The molecule has 2 aromatic carbocycles. The highest BCUT2D eigenvalue weighted by Gasteiger charge is 2.19. The zero-order valence-electron chi connectivity index (χ0n) is 11.4. The van der Waals surface area contributed by atoms with E-state index in [0.29, 0.717) is 22.2 Å². The van der Waals surface area contributed by atoms with Crippen LogP contribution >= 0.6 is 0 Å². The van der Waals surface area contributed by atoms with Crippen LogP contribution in [0, 0.1) is 0 Å². The van der Waals surface area contributed by atoms with Crippen molar-refractivity contribution in [3.05, 3.63) is 65.9 Å². The molecule has 0 aliphatic carbocycles. The molecule has 1 heterocycles. The van der Waals surface area contributed by atoms with Crippen molar-refractivity contribution in [1.82, 2.24) is 0 Å². The van der Waals surface area contributed by atoms with Crippen molar-refractivity contribution in [2.45, 2.75) is 6.92 Å². The Balaban J connectivity index is 2.05. The fourth-order valence-electron chi connectivity index (χ4n) is 2.19. The molecule has 0 spiro atoms. The van der Waals surface area contributed by atoms with Crippen molar-refractivity contribution in [3.63, 3.8) is 0 Å². The lowest BCUT2D eigenvalue weighted by molar-refractivity contribution is 0.0990. The minimum Gasteiger partial charge on any atom is -0.451 e. The summed E-state index contributed by atoms with van der Waals surface area (Å²) in [6.45, 7) is 1.41. The largest absolute Gasteiger partial charge is 0.451 e. The number of nitrogens with one attached hydrogen (secondary N) is 1. The smallest absolute Gasteiger partial charge is 0.255 e. The Hall–Kier alpha value is -2.88. The van der Waals surface area contributed by atoms with Crippen molar-refractivity contribution in [1.29, 1.82) is 0 Å². The van der Waals surface area contributed by atoms with E-state index >= 15 is 0 Å². The van der Waals surface area contributed by atoms with Crippen LogP contribution in [0.25, 0.3) is 11.0 Å². The predicted octanol–water partition coefficient (Wildman–Crippen LogP) is 3.89. The number of Topliss-reactive ketones (excluding diaryl/α,β-unsaturated/α-hetero) is 1. The Morgan fingerprint density at radius 1 is 0.952 bits per heavy atom. The molecule has 0 aliphatic rings. The van der Waals surface area contributed by atoms with Gasteiger partial charge in [0, 0.05) is 17.9 Å². The highest BCUT2D eigenvalue weighted by Crippen LogP contribution is 2.31. The number of amides is 1. The van der Waals surface area contributed by atoms with Gasteiger partial charge in [0.2, 0.25) is 0 Å². The summed E-state index contributed by atoms with van der Waals surface area (Å²) in [6, 6.07) is 16.1. The van der Waals surface area contributed by atoms with Crippen LogP contribution in [0.4, 0.5) is 5.69 Å². The average molecular weight is 279 g/mol. The van der Waals surface area contributed by atoms with Crippen LogP contribution in [0.2, 0.25) is 0 Å². The summed E-state index contributed by atoms with van der Waals surface area (Å²) in [7, 11) is 0. The van der Waals surface area contributed by atoms with E-state index in [1.54, 1.807) is 30.3 Å². The molecule has 3 rings (SSSR count). The first-order chi connectivity index (χ1) is 10.2. The van der Waals surface area contributed by atoms with Crippen LogP contribution in [0.15, 0.2) is 59.0 Å². The Morgan fingerprint density at radius 2 is 1.62 bits per heavy atom. The number of carbonyl (C=O) groups excluding carboxylic acids is 2. The molecule has 0 bridgehead atoms. The molecule has 4 nitrogen and oxygen atoms in total. The van der Waals surface area contributed by atoms with Gasteiger partial charge in [-0.1, -0.05) is 30.3 Å². The Kier molecular flexibility index (Phi) is 3.28. The monoisotopic (exact) mass is 279 g/mol. The lowest BCUT2D eigenvalue weighted by atomic mass is 10.1. The quantitative estimate of drug-likeness (QED) is 0.740. The first-order valence-corrected chi connectivity index (χ1v) is 6.55. The number of carbonyl (C=O) groups is 2. The van der Waals surface area contributed by atoms with E-state index in [-0.39, 0.29) is 17.5 Å². The fourth-order valence-corrected chi connectivity index (χ4v) is 2.19. The van der Waals surface area contributed by atoms with Crippen molar-refractivity contribution in [2.24, 2.45) is 0 Å². The minimum atomic E-state index is -0.273. The summed E-state index contributed by atoms with van der Waals surface area (Å²) >= 11 is 0. The van der Waals surface area contributed by atoms with Gasteiger partial charge in [-0.05, 0) is 24.3 Å². The molecular formula is C17H13NO3. The van der Waals surface area contributed by atoms with Crippen molar-refractivity contribution >= 4 is 28.3 Å². The number of rotatable bonds is 3. The van der Waals surface area contributed by atoms with Gasteiger partial charge in [0.05, 0.1) is 5.69 Å². The summed E-state index contributed by atoms with van der Waals surface area (Å²) in [6.07, 6.45) is 0. The van der Waals surface area contributed by atoms with Gasteiger partial charge in [0.15, 0.2) is 11.5 Å². The van der Waals surface area contributed by atoms with E-state index in [1.807, 2.05) is 24.3 Å². The summed E-state index contributed by atoms with van der Waals surface area (Å²) in [5.74, 6) is -0.334. The molecule has 0 fully saturated rings. The van der Waals surface area contributed by atoms with Gasteiger partial charge < -0.3 is 9.73 Å². The highest BCUT2D eigenvalue weighted by molar-refractivity contribution is 6.14. The van der Waals surface area contributed by atoms with Gasteiger partial charge in [0.25, 0.3) is 5.91 Å². The van der Waals surface area contributed by atoms with Gasteiger partial charge in [-0.3, -0.25) is 9.59 Å². The third-order valence-electron chi connectivity index (χ3n) is 3.19. The molecule has 104 valence electrons. The molecule has 0 radical (unpaired) electrons. The van der Waals surface area contributed by atoms with Crippen molar-refractivity contribution in [3.8, 4) is 0 Å². The SMILES string of the molecule is CC(=O)c1oc2ccccc2c1NC(=O)c1ccccc1. The molecule has 0 unspecified atom stereocenters. The third kappa shape index (κ3) is 2.43. The molecule has 4 heteroatoms. The van der Waals surface area contributed by atoms with Gasteiger partial charge in [0.1, 0.15) is 5.58 Å². The third-order valence-corrected chi connectivity index (χ3v) is 3.19. The standard InChI is InChI=1S/C17H13NO3/c1-11(19)16-15(13-9-5-6-10-14(13)21-16)18-17(20)12-7-3-2-4-8-12/h2-10H,1H3,(H,18,20). The molecule has 21 heavy (non-hydrogen) atoms. The maximum Gasteiger partial charge on any atom is 0.255 e. The second-order valence-corrected chi connectivity index (χ2v) is 4.68. The molecule has 0 atom stereocenters. The number of anilines is 1. The van der Waals surface area contributed by atoms with E-state index < -0.39 is 0 Å². The summed E-state index contributed by atoms with van der Waals surface area (Å²) in [5, 5.41) is 3.49. The minimum absolute atomic E-state index is 0.167. The van der Waals surface area contributed by atoms with E-state index in [4.69, 9.17) is 4.42 Å². The van der Waals surface area contributed by atoms with E-state index in [9.17, 15) is 9.59 Å². The lowest BCUT2D eigenvalue weighted by Gasteiger charge is -2.04. The molecule has 1 amide bonds. The number of hydrogen-bond acceptors (Lipinski definition) is 3. The molecule has 3 aromatic rings. The number of benzene rings is 2. The topological polar surface area (TPSA) is 59.3 Å². The summed E-state index contributed by atoms with van der Waals surface area (Å²) in [5.41, 5.74) is 1.52. The second kappa shape index (κ2) is 5.25. The predicted molar refractivity (Wildman–Crippen MR) is 80.6 cm³/mol. The number of hydrogen-bond donors (Lipinski definition) is 1. The second-order valence-electron chi connectivity index (χ2n) is 4.68. The number of furan rings is 1. The van der Waals surface area contributed by atoms with Crippen LogP contribution in [0.3, 0.4) is 0 Å². The van der Waals surface area contributed by atoms with Crippen LogP contribution in [-0.2, 0) is 0 Å². The van der Waals surface area contributed by atoms with Crippen LogP contribution in [0.1, 0.15) is 27.8 Å². The van der Waals surface area contributed by atoms with Gasteiger partial charge >= 0.3 is 0 Å². The lowest BCUT2D eigenvalue weighted by Crippen LogP contribution is -2.13. The first kappa shape index (κ1) is 13.1. The maximum atomic E-state index is 12.3. The van der Waals surface area contributed by atoms with E-state index in [2.05, 4.69) is 5.32 Å². The first-order valence-electron chi connectivity index (χ1n) is 6.55. The van der Waals surface area contributed by atoms with Crippen molar-refractivity contribution < 1.29 is 14.0 Å². The summed E-state index contributed by atoms with van der Waals surface area (Å²) < 4.78 is 5.53. The van der Waals surface area contributed by atoms with Gasteiger partial charge in [-0.2, -0.15) is 0 Å². The Morgan fingerprint density at radius 3 is 2.33 bits per heavy atom. The van der Waals surface area contributed by atoms with Crippen LogP contribution < -0.4 is 5.32 Å². The van der Waals surface area contributed by atoms with Crippen LogP contribution in [0.5, 0.6) is 0 Å². The molecule has 1 N–H and O–H groups in total. The van der Waals surface area contributed by atoms with Gasteiger partial charge in [-0.25, -0.2) is 0 Å². The summed E-state index contributed by atoms with van der Waals surface area (Å²) in [4.78, 5) is 24.0. The molecule has 0 saturated heterocycles. The number of para-hydroxylation sites is 1. The fraction of sp³-hybridized carbons (Fsp3) is 0.0588. The average Bonchev–Trinajstić information content (AvgIpc) is 2.87. The number of ketones is 1. The van der Waals surface area contributed by atoms with Crippen LogP contribution in [-0.4, -0.2) is 11.7 Å². The molecule has 1 aromatic heterocycles. The highest BCUT2D eigenvalue weighted by atomic mass is 16.3. The zero-order chi connectivity index (χ0) is 14.8.